The van der Waals surface area contributed by atoms with E-state index >= 15 is 0 Å². The molecule has 0 aliphatic carbocycles. The van der Waals surface area contributed by atoms with Crippen molar-refractivity contribution in [2.24, 2.45) is 0 Å². The van der Waals surface area contributed by atoms with Gasteiger partial charge in [-0.05, 0) is 48.0 Å². The summed E-state index contributed by atoms with van der Waals surface area (Å²) in [7, 11) is -3.44. The molecule has 1 aromatic heterocycles. The van der Waals surface area contributed by atoms with E-state index < -0.39 is 27.6 Å². The first-order valence-electron chi connectivity index (χ1n) is 9.17. The van der Waals surface area contributed by atoms with Crippen LogP contribution < -0.4 is 10.0 Å². The zero-order valence-electron chi connectivity index (χ0n) is 16.4. The molecular weight excluding hydrogens is 478 g/mol. The molecular formula is C22H15ClF2N2O3S2. The van der Waals surface area contributed by atoms with Crippen LogP contribution >= 0.6 is 22.9 Å². The third kappa shape index (κ3) is 4.74. The van der Waals surface area contributed by atoms with Gasteiger partial charge in [0.05, 0.1) is 11.3 Å². The molecule has 32 heavy (non-hydrogen) atoms. The van der Waals surface area contributed by atoms with E-state index in [2.05, 4.69) is 10.0 Å². The van der Waals surface area contributed by atoms with Crippen LogP contribution in [0, 0.1) is 11.6 Å². The lowest BCUT2D eigenvalue weighted by molar-refractivity contribution is 0.103. The minimum Gasteiger partial charge on any atom is -0.321 e. The second kappa shape index (κ2) is 8.50. The molecule has 1 amide bonds. The number of carbonyl (C=O) groups excluding carboxylic acids is 1. The summed E-state index contributed by atoms with van der Waals surface area (Å²) in [6, 6.07) is 14.6. The number of amides is 1. The van der Waals surface area contributed by atoms with Crippen LogP contribution in [0.15, 0.2) is 60.7 Å². The maximum atomic E-state index is 14.1. The Balaban J connectivity index is 1.62. The van der Waals surface area contributed by atoms with Crippen molar-refractivity contribution in [1.29, 1.82) is 0 Å². The van der Waals surface area contributed by atoms with E-state index in [9.17, 15) is 22.0 Å². The van der Waals surface area contributed by atoms with Gasteiger partial charge in [-0.25, -0.2) is 17.2 Å². The van der Waals surface area contributed by atoms with Crippen LogP contribution in [0.2, 0.25) is 5.02 Å². The van der Waals surface area contributed by atoms with Gasteiger partial charge in [-0.1, -0.05) is 23.7 Å². The molecule has 164 valence electrons. The molecule has 0 fully saturated rings. The van der Waals surface area contributed by atoms with E-state index in [1.807, 2.05) is 0 Å². The topological polar surface area (TPSA) is 75.3 Å². The summed E-state index contributed by atoms with van der Waals surface area (Å²) in [5.41, 5.74) is 1.44. The minimum absolute atomic E-state index is 0.202. The number of hydrogen-bond acceptors (Lipinski definition) is 4. The van der Waals surface area contributed by atoms with Gasteiger partial charge in [0.1, 0.15) is 16.5 Å². The molecule has 4 aromatic rings. The highest BCUT2D eigenvalue weighted by Crippen LogP contribution is 2.37. The fourth-order valence-corrected chi connectivity index (χ4v) is 5.17. The first-order valence-corrected chi connectivity index (χ1v) is 12.3. The largest absolute Gasteiger partial charge is 0.321 e. The van der Waals surface area contributed by atoms with Crippen molar-refractivity contribution in [2.45, 2.75) is 0 Å². The summed E-state index contributed by atoms with van der Waals surface area (Å²) in [5, 5.41) is 3.59. The molecule has 4 rings (SSSR count). The Morgan fingerprint density at radius 2 is 1.78 bits per heavy atom. The lowest BCUT2D eigenvalue weighted by Gasteiger charge is -2.08. The van der Waals surface area contributed by atoms with Crippen LogP contribution in [0.1, 0.15) is 9.67 Å². The fourth-order valence-electron chi connectivity index (χ4n) is 3.16. The average Bonchev–Trinajstić information content (AvgIpc) is 3.03. The molecule has 0 bridgehead atoms. The average molecular weight is 493 g/mol. The molecule has 0 spiro atoms. The summed E-state index contributed by atoms with van der Waals surface area (Å²) < 4.78 is 53.2. The lowest BCUT2D eigenvalue weighted by Crippen LogP contribution is -2.10. The van der Waals surface area contributed by atoms with Gasteiger partial charge in [-0.3, -0.25) is 9.52 Å². The second-order valence-electron chi connectivity index (χ2n) is 6.99. The normalized spacial score (nSPS) is 11.5. The summed E-state index contributed by atoms with van der Waals surface area (Å²) in [6.45, 7) is 0. The maximum absolute atomic E-state index is 14.1. The molecule has 0 saturated carbocycles. The summed E-state index contributed by atoms with van der Waals surface area (Å²) in [6.07, 6.45) is 1.05. The highest BCUT2D eigenvalue weighted by atomic mass is 35.5. The molecule has 5 nitrogen and oxygen atoms in total. The van der Waals surface area contributed by atoms with Crippen molar-refractivity contribution in [3.63, 3.8) is 0 Å². The van der Waals surface area contributed by atoms with Crippen molar-refractivity contribution in [2.75, 3.05) is 16.3 Å². The Bertz CT molecular complexity index is 1470. The molecule has 10 heteroatoms. The Hall–Kier alpha value is -3.01. The molecule has 0 saturated heterocycles. The van der Waals surface area contributed by atoms with Crippen LogP contribution in [0.3, 0.4) is 0 Å². The fraction of sp³-hybridized carbons (Fsp3) is 0.0455. The van der Waals surface area contributed by atoms with E-state index in [1.165, 1.54) is 6.07 Å². The standard InChI is InChI=1S/C22H15ClF2N2O3S2/c1-32(29,30)27-15-6-8-17-19(11-15)31-21(20(17)23)22(28)26-14-4-2-3-12(9-14)16-7-5-13(24)10-18(16)25/h2-11,27H,1H3,(H,26,28). The van der Waals surface area contributed by atoms with Crippen LogP contribution in [-0.2, 0) is 10.0 Å². The zero-order valence-corrected chi connectivity index (χ0v) is 18.8. The predicted molar refractivity (Wildman–Crippen MR) is 125 cm³/mol. The van der Waals surface area contributed by atoms with Crippen molar-refractivity contribution >= 4 is 60.3 Å². The number of benzene rings is 3. The van der Waals surface area contributed by atoms with E-state index in [1.54, 1.807) is 42.5 Å². The number of nitrogens with one attached hydrogen (secondary N) is 2. The molecule has 3 aromatic carbocycles. The summed E-state index contributed by atoms with van der Waals surface area (Å²) >= 11 is 7.51. The Morgan fingerprint density at radius 1 is 1.00 bits per heavy atom. The monoisotopic (exact) mass is 492 g/mol. The Morgan fingerprint density at radius 3 is 2.50 bits per heavy atom. The summed E-state index contributed by atoms with van der Waals surface area (Å²) in [4.78, 5) is 13.1. The molecule has 0 unspecified atom stereocenters. The van der Waals surface area contributed by atoms with Crippen LogP contribution in [0.4, 0.5) is 20.2 Å². The van der Waals surface area contributed by atoms with Crippen molar-refractivity contribution in [3.05, 3.63) is 82.2 Å². The predicted octanol–water partition coefficient (Wildman–Crippen LogP) is 6.12. The number of carbonyl (C=O) groups is 1. The van der Waals surface area contributed by atoms with Crippen LogP contribution in [0.25, 0.3) is 21.2 Å². The molecule has 0 radical (unpaired) electrons. The summed E-state index contributed by atoms with van der Waals surface area (Å²) in [5.74, 6) is -1.85. The molecule has 0 atom stereocenters. The number of rotatable bonds is 5. The number of halogens is 3. The maximum Gasteiger partial charge on any atom is 0.267 e. The van der Waals surface area contributed by atoms with E-state index in [-0.39, 0.29) is 15.5 Å². The van der Waals surface area contributed by atoms with Gasteiger partial charge in [0, 0.05) is 33.1 Å². The SMILES string of the molecule is CS(=O)(=O)Nc1ccc2c(Cl)c(C(=O)Nc3cccc(-c4ccc(F)cc4F)c3)sc2c1. The number of sulfonamides is 1. The van der Waals surface area contributed by atoms with E-state index in [0.29, 0.717) is 27.0 Å². The molecule has 0 aliphatic heterocycles. The first kappa shape index (κ1) is 22.2. The lowest BCUT2D eigenvalue weighted by atomic mass is 10.0. The quantitative estimate of drug-likeness (QED) is 0.352. The molecule has 1 heterocycles. The van der Waals surface area contributed by atoms with Crippen LogP contribution in [-0.4, -0.2) is 20.6 Å². The van der Waals surface area contributed by atoms with Crippen molar-refractivity contribution in [3.8, 4) is 11.1 Å². The second-order valence-corrected chi connectivity index (χ2v) is 10.2. The highest BCUT2D eigenvalue weighted by molar-refractivity contribution is 7.92. The van der Waals surface area contributed by atoms with Gasteiger partial charge >= 0.3 is 0 Å². The van der Waals surface area contributed by atoms with Crippen molar-refractivity contribution in [1.82, 2.24) is 0 Å². The van der Waals surface area contributed by atoms with Gasteiger partial charge in [0.15, 0.2) is 0 Å². The van der Waals surface area contributed by atoms with Gasteiger partial charge in [0.2, 0.25) is 10.0 Å². The molecule has 0 aliphatic rings. The van der Waals surface area contributed by atoms with Crippen molar-refractivity contribution < 1.29 is 22.0 Å². The molecule has 2 N–H and O–H groups in total. The van der Waals surface area contributed by atoms with Gasteiger partial charge in [-0.2, -0.15) is 0 Å². The van der Waals surface area contributed by atoms with Crippen LogP contribution in [0.5, 0.6) is 0 Å². The third-order valence-corrected chi connectivity index (χ3v) is 6.76. The van der Waals surface area contributed by atoms with E-state index in [4.69, 9.17) is 11.6 Å². The van der Waals surface area contributed by atoms with Gasteiger partial charge < -0.3 is 5.32 Å². The highest BCUT2D eigenvalue weighted by Gasteiger charge is 2.18. The number of anilines is 2. The number of fused-ring (bicyclic) bond motifs is 1. The Labute approximate surface area is 191 Å². The van der Waals surface area contributed by atoms with Gasteiger partial charge in [0.25, 0.3) is 5.91 Å². The minimum atomic E-state index is -3.44. The third-order valence-electron chi connectivity index (χ3n) is 4.50. The first-order chi connectivity index (χ1) is 15.1. The number of thiophene rings is 1. The zero-order chi connectivity index (χ0) is 23.0. The smallest absolute Gasteiger partial charge is 0.267 e. The Kier molecular flexibility index (Phi) is 5.89. The van der Waals surface area contributed by atoms with E-state index in [0.717, 1.165) is 29.7 Å². The van der Waals surface area contributed by atoms with Gasteiger partial charge in [-0.15, -0.1) is 11.3 Å². The number of hydrogen-bond donors (Lipinski definition) is 2.